The summed E-state index contributed by atoms with van der Waals surface area (Å²) in [6.45, 7) is 8.87. The zero-order chi connectivity index (χ0) is 12.1. The number of carbonyl (C=O) groups is 1. The summed E-state index contributed by atoms with van der Waals surface area (Å²) in [5.41, 5.74) is 0. The third kappa shape index (κ3) is 3.76. The molecule has 0 aromatic rings. The Labute approximate surface area is 98.0 Å². The molecule has 0 radical (unpaired) electrons. The van der Waals surface area contributed by atoms with E-state index < -0.39 is 5.97 Å². The lowest BCUT2D eigenvalue weighted by Gasteiger charge is -2.38. The second kappa shape index (κ2) is 6.21. The highest BCUT2D eigenvalue weighted by atomic mass is 16.4. The lowest BCUT2D eigenvalue weighted by atomic mass is 10.0. The summed E-state index contributed by atoms with van der Waals surface area (Å²) in [7, 11) is 0. The standard InChI is InChI=1S/C12H24N2O2/c1-9(2)4-5-10(3)14-7-6-13-8-11(14)12(15)16/h9-11,13H,4-8H2,1-3H3,(H,15,16). The Bertz CT molecular complexity index is 231. The summed E-state index contributed by atoms with van der Waals surface area (Å²) in [5, 5.41) is 12.3. The SMILES string of the molecule is CC(C)CCC(C)N1CCNCC1C(=O)O. The van der Waals surface area contributed by atoms with Crippen LogP contribution in [0.4, 0.5) is 0 Å². The highest BCUT2D eigenvalue weighted by molar-refractivity contribution is 5.74. The molecule has 0 aromatic heterocycles. The Hall–Kier alpha value is -0.610. The Morgan fingerprint density at radius 2 is 2.12 bits per heavy atom. The average Bonchev–Trinajstić information content (AvgIpc) is 2.25. The van der Waals surface area contributed by atoms with Gasteiger partial charge in [-0.15, -0.1) is 0 Å². The van der Waals surface area contributed by atoms with Crippen molar-refractivity contribution in [2.75, 3.05) is 19.6 Å². The number of carboxylic acid groups (broad SMARTS) is 1. The molecule has 0 amide bonds. The predicted molar refractivity (Wildman–Crippen MR) is 64.5 cm³/mol. The Kier molecular flexibility index (Phi) is 5.22. The van der Waals surface area contributed by atoms with Crippen molar-refractivity contribution in [3.8, 4) is 0 Å². The molecule has 16 heavy (non-hydrogen) atoms. The Morgan fingerprint density at radius 1 is 1.44 bits per heavy atom. The lowest BCUT2D eigenvalue weighted by Crippen LogP contribution is -2.57. The van der Waals surface area contributed by atoms with Gasteiger partial charge in [0.1, 0.15) is 6.04 Å². The maximum atomic E-state index is 11.1. The average molecular weight is 228 g/mol. The van der Waals surface area contributed by atoms with E-state index >= 15 is 0 Å². The molecule has 2 atom stereocenters. The smallest absolute Gasteiger partial charge is 0.322 e. The van der Waals surface area contributed by atoms with Gasteiger partial charge in [-0.05, 0) is 25.7 Å². The van der Waals surface area contributed by atoms with Gasteiger partial charge in [0, 0.05) is 25.7 Å². The summed E-state index contributed by atoms with van der Waals surface area (Å²) in [6.07, 6.45) is 2.25. The number of nitrogens with zero attached hydrogens (tertiary/aromatic N) is 1. The summed E-state index contributed by atoms with van der Waals surface area (Å²) < 4.78 is 0. The molecule has 0 spiro atoms. The van der Waals surface area contributed by atoms with Gasteiger partial charge in [-0.25, -0.2) is 0 Å². The van der Waals surface area contributed by atoms with Gasteiger partial charge in [-0.2, -0.15) is 0 Å². The van der Waals surface area contributed by atoms with E-state index in [1.54, 1.807) is 0 Å². The van der Waals surface area contributed by atoms with Gasteiger partial charge in [0.15, 0.2) is 0 Å². The number of nitrogens with one attached hydrogen (secondary N) is 1. The molecule has 1 fully saturated rings. The minimum absolute atomic E-state index is 0.351. The number of rotatable bonds is 5. The van der Waals surface area contributed by atoms with E-state index in [2.05, 4.69) is 31.0 Å². The van der Waals surface area contributed by atoms with Crippen LogP contribution in [0.3, 0.4) is 0 Å². The van der Waals surface area contributed by atoms with Crippen LogP contribution in [0.25, 0.3) is 0 Å². The number of aliphatic carboxylic acids is 1. The van der Waals surface area contributed by atoms with Crippen molar-refractivity contribution in [1.82, 2.24) is 10.2 Å². The number of piperazine rings is 1. The van der Waals surface area contributed by atoms with Crippen LogP contribution in [0.5, 0.6) is 0 Å². The molecule has 0 aliphatic carbocycles. The molecule has 1 aliphatic rings. The molecular weight excluding hydrogens is 204 g/mol. The molecule has 1 saturated heterocycles. The van der Waals surface area contributed by atoms with Crippen LogP contribution in [0, 0.1) is 5.92 Å². The third-order valence-corrected chi connectivity index (χ3v) is 3.30. The van der Waals surface area contributed by atoms with Crippen molar-refractivity contribution in [1.29, 1.82) is 0 Å². The van der Waals surface area contributed by atoms with Gasteiger partial charge in [0.05, 0.1) is 0 Å². The van der Waals surface area contributed by atoms with Gasteiger partial charge < -0.3 is 10.4 Å². The highest BCUT2D eigenvalue weighted by Crippen LogP contribution is 2.15. The van der Waals surface area contributed by atoms with Crippen molar-refractivity contribution in [2.45, 2.75) is 45.7 Å². The first-order valence-electron chi connectivity index (χ1n) is 6.21. The minimum atomic E-state index is -0.705. The van der Waals surface area contributed by atoms with E-state index in [1.165, 1.54) is 0 Å². The minimum Gasteiger partial charge on any atom is -0.480 e. The normalized spacial score (nSPS) is 24.6. The third-order valence-electron chi connectivity index (χ3n) is 3.30. The molecule has 0 bridgehead atoms. The van der Waals surface area contributed by atoms with Gasteiger partial charge in [0.25, 0.3) is 0 Å². The quantitative estimate of drug-likeness (QED) is 0.741. The van der Waals surface area contributed by atoms with Crippen molar-refractivity contribution in [2.24, 2.45) is 5.92 Å². The molecule has 2 N–H and O–H groups in total. The molecule has 4 heteroatoms. The van der Waals surface area contributed by atoms with Crippen LogP contribution >= 0.6 is 0 Å². The molecule has 4 nitrogen and oxygen atoms in total. The summed E-state index contributed by atoms with van der Waals surface area (Å²) in [5.74, 6) is -0.0164. The molecular formula is C12H24N2O2. The van der Waals surface area contributed by atoms with E-state index in [0.29, 0.717) is 18.5 Å². The highest BCUT2D eigenvalue weighted by Gasteiger charge is 2.31. The topological polar surface area (TPSA) is 52.6 Å². The summed E-state index contributed by atoms with van der Waals surface area (Å²) in [4.78, 5) is 13.3. The van der Waals surface area contributed by atoms with Crippen molar-refractivity contribution < 1.29 is 9.90 Å². The van der Waals surface area contributed by atoms with Crippen molar-refractivity contribution in [3.63, 3.8) is 0 Å². The molecule has 0 saturated carbocycles. The molecule has 1 aliphatic heterocycles. The Balaban J connectivity index is 2.50. The van der Waals surface area contributed by atoms with E-state index in [4.69, 9.17) is 5.11 Å². The van der Waals surface area contributed by atoms with Gasteiger partial charge in [-0.3, -0.25) is 9.69 Å². The largest absolute Gasteiger partial charge is 0.480 e. The van der Waals surface area contributed by atoms with Crippen LogP contribution in [0.15, 0.2) is 0 Å². The van der Waals surface area contributed by atoms with Gasteiger partial charge in [0.2, 0.25) is 0 Å². The van der Waals surface area contributed by atoms with E-state index in [0.717, 1.165) is 25.9 Å². The van der Waals surface area contributed by atoms with Crippen molar-refractivity contribution in [3.05, 3.63) is 0 Å². The lowest BCUT2D eigenvalue weighted by molar-refractivity contribution is -0.145. The molecule has 94 valence electrons. The molecule has 2 unspecified atom stereocenters. The number of carboxylic acids is 1. The summed E-state index contributed by atoms with van der Waals surface area (Å²) >= 11 is 0. The molecule has 1 heterocycles. The predicted octanol–water partition coefficient (Wildman–Crippen LogP) is 1.17. The van der Waals surface area contributed by atoms with Crippen LogP contribution in [-0.2, 0) is 4.79 Å². The zero-order valence-corrected chi connectivity index (χ0v) is 10.6. The van der Waals surface area contributed by atoms with Gasteiger partial charge >= 0.3 is 5.97 Å². The van der Waals surface area contributed by atoms with E-state index in [1.807, 2.05) is 0 Å². The fraction of sp³-hybridized carbons (Fsp3) is 0.917. The number of hydrogen-bond donors (Lipinski definition) is 2. The van der Waals surface area contributed by atoms with Crippen LogP contribution < -0.4 is 5.32 Å². The first kappa shape index (κ1) is 13.5. The van der Waals surface area contributed by atoms with E-state index in [-0.39, 0.29) is 6.04 Å². The fourth-order valence-electron chi connectivity index (χ4n) is 2.22. The second-order valence-corrected chi connectivity index (χ2v) is 5.12. The first-order chi connectivity index (χ1) is 7.52. The maximum Gasteiger partial charge on any atom is 0.322 e. The first-order valence-corrected chi connectivity index (χ1v) is 6.21. The Morgan fingerprint density at radius 3 is 2.69 bits per heavy atom. The number of hydrogen-bond acceptors (Lipinski definition) is 3. The molecule has 0 aromatic carbocycles. The fourth-order valence-corrected chi connectivity index (χ4v) is 2.22. The van der Waals surface area contributed by atoms with Crippen LogP contribution in [-0.4, -0.2) is 47.7 Å². The van der Waals surface area contributed by atoms with Crippen LogP contribution in [0.2, 0.25) is 0 Å². The zero-order valence-electron chi connectivity index (χ0n) is 10.6. The van der Waals surface area contributed by atoms with E-state index in [9.17, 15) is 4.79 Å². The maximum absolute atomic E-state index is 11.1. The monoisotopic (exact) mass is 228 g/mol. The van der Waals surface area contributed by atoms with Crippen molar-refractivity contribution >= 4 is 5.97 Å². The summed E-state index contributed by atoms with van der Waals surface area (Å²) in [6, 6.07) is 0.0153. The van der Waals surface area contributed by atoms with Gasteiger partial charge in [-0.1, -0.05) is 13.8 Å². The second-order valence-electron chi connectivity index (χ2n) is 5.12. The molecule has 1 rings (SSSR count). The van der Waals surface area contributed by atoms with Crippen LogP contribution in [0.1, 0.15) is 33.6 Å².